The van der Waals surface area contributed by atoms with Gasteiger partial charge >= 0.3 is 5.30 Å². The minimum absolute atomic E-state index is 0.0194. The molecule has 0 spiro atoms. The van der Waals surface area contributed by atoms with Crippen LogP contribution in [0.25, 0.3) is 0 Å². The number of hydrogen-bond donors (Lipinski definition) is 4. The van der Waals surface area contributed by atoms with Crippen LogP contribution in [0.4, 0.5) is 10.5 Å². The van der Waals surface area contributed by atoms with Crippen molar-refractivity contribution >= 4 is 62.4 Å². The zero-order valence-corrected chi connectivity index (χ0v) is 30.5. The van der Waals surface area contributed by atoms with Crippen LogP contribution >= 0.6 is 11.8 Å². The van der Waals surface area contributed by atoms with Crippen LogP contribution in [-0.2, 0) is 56.6 Å². The van der Waals surface area contributed by atoms with Gasteiger partial charge in [-0.1, -0.05) is 26.3 Å². The van der Waals surface area contributed by atoms with E-state index < -0.39 is 39.3 Å². The van der Waals surface area contributed by atoms with Crippen molar-refractivity contribution in [2.24, 2.45) is 5.92 Å². The number of unbranched alkanes of at least 4 members (excludes halogenated alkanes) is 2. The number of rotatable bonds is 22. The number of ether oxygens (including phenoxy) is 2. The highest BCUT2D eigenvalue weighted by atomic mass is 32.2. The molecule has 0 bridgehead atoms. The number of anilines is 1. The SMILES string of the molecule is CSC(=O)OCc1ccc(NC(=O)[C@H](C)NC(=O)[C@@H](NC(=O)CCCCCN2C(=O)C=CC2=O)C(C)C)cc1CCCOCCCS(=O)(=O)O. The molecular weight excluding hydrogens is 693 g/mol. The highest BCUT2D eigenvalue weighted by molar-refractivity contribution is 8.12. The maximum atomic E-state index is 13.1. The van der Waals surface area contributed by atoms with Gasteiger partial charge in [-0.25, -0.2) is 4.79 Å². The highest BCUT2D eigenvalue weighted by Gasteiger charge is 2.27. The first-order chi connectivity index (χ1) is 23.6. The Morgan fingerprint density at radius 2 is 1.58 bits per heavy atom. The van der Waals surface area contributed by atoms with Gasteiger partial charge in [-0.15, -0.1) is 0 Å². The van der Waals surface area contributed by atoms with Gasteiger partial charge in [0.2, 0.25) is 17.7 Å². The third kappa shape index (κ3) is 15.8. The number of aryl methyl sites for hydroxylation is 1. The van der Waals surface area contributed by atoms with Gasteiger partial charge in [0.1, 0.15) is 18.7 Å². The van der Waals surface area contributed by atoms with Crippen molar-refractivity contribution in [1.29, 1.82) is 0 Å². The Balaban J connectivity index is 1.89. The smallest absolute Gasteiger partial charge is 0.367 e. The summed E-state index contributed by atoms with van der Waals surface area (Å²) in [5.41, 5.74) is 1.96. The summed E-state index contributed by atoms with van der Waals surface area (Å²) in [7, 11) is -4.05. The molecule has 17 heteroatoms. The molecule has 0 aliphatic carbocycles. The first-order valence-corrected chi connectivity index (χ1v) is 19.2. The Morgan fingerprint density at radius 3 is 2.22 bits per heavy atom. The number of benzene rings is 1. The lowest BCUT2D eigenvalue weighted by Gasteiger charge is -2.24. The lowest BCUT2D eigenvalue weighted by Crippen LogP contribution is -2.53. The van der Waals surface area contributed by atoms with E-state index in [1.165, 1.54) is 19.1 Å². The standard InChI is InChI=1S/C33H48N4O11S2/c1-22(2)30(36-27(38)11-6-5-7-16-37-28(39)14-15-29(37)40)32(42)34-23(3)31(41)35-26-13-12-25(21-48-33(43)49-4)24(20-26)10-8-17-47-18-9-19-50(44,45)46/h12-15,20,22-23,30H,5-11,16-19,21H2,1-4H3,(H,34,42)(H,35,41)(H,36,38)(H,44,45,46)/t23-,30-/m0/s1. The molecule has 278 valence electrons. The lowest BCUT2D eigenvalue weighted by molar-refractivity contribution is -0.137. The van der Waals surface area contributed by atoms with Crippen LogP contribution in [0.15, 0.2) is 30.4 Å². The number of thioether (sulfide) groups is 1. The second kappa shape index (κ2) is 21.4. The fraction of sp³-hybridized carbons (Fsp3) is 0.576. The summed E-state index contributed by atoms with van der Waals surface area (Å²) in [6.45, 7) is 5.84. The van der Waals surface area contributed by atoms with Crippen molar-refractivity contribution in [2.45, 2.75) is 84.4 Å². The minimum Gasteiger partial charge on any atom is -0.453 e. The molecule has 1 heterocycles. The van der Waals surface area contributed by atoms with Crippen LogP contribution in [0.1, 0.15) is 70.4 Å². The van der Waals surface area contributed by atoms with E-state index in [0.29, 0.717) is 44.4 Å². The normalized spacial score (nSPS) is 14.1. The molecular formula is C33H48N4O11S2. The van der Waals surface area contributed by atoms with Crippen molar-refractivity contribution in [1.82, 2.24) is 15.5 Å². The predicted molar refractivity (Wildman–Crippen MR) is 188 cm³/mol. The summed E-state index contributed by atoms with van der Waals surface area (Å²) in [6.07, 6.45) is 7.07. The molecule has 0 radical (unpaired) electrons. The largest absolute Gasteiger partial charge is 0.453 e. The second-order valence-electron chi connectivity index (χ2n) is 12.1. The van der Waals surface area contributed by atoms with E-state index in [-0.39, 0.29) is 62.0 Å². The van der Waals surface area contributed by atoms with Gasteiger partial charge in [0, 0.05) is 44.0 Å². The fourth-order valence-corrected chi connectivity index (χ4v) is 5.53. The maximum Gasteiger partial charge on any atom is 0.367 e. The van der Waals surface area contributed by atoms with Gasteiger partial charge in [0.25, 0.3) is 21.9 Å². The van der Waals surface area contributed by atoms with Crippen molar-refractivity contribution in [3.8, 4) is 0 Å². The molecule has 2 atom stereocenters. The lowest BCUT2D eigenvalue weighted by atomic mass is 10.0. The molecule has 0 unspecified atom stereocenters. The third-order valence-corrected chi connectivity index (χ3v) is 8.87. The molecule has 0 saturated carbocycles. The van der Waals surface area contributed by atoms with E-state index in [1.807, 2.05) is 0 Å². The Kier molecular flexibility index (Phi) is 18.2. The molecule has 15 nitrogen and oxygen atoms in total. The number of nitrogens with zero attached hydrogens (tertiary/aromatic N) is 1. The molecule has 0 aromatic heterocycles. The average molecular weight is 741 g/mol. The third-order valence-electron chi connectivity index (χ3n) is 7.62. The molecule has 1 aromatic carbocycles. The van der Waals surface area contributed by atoms with E-state index in [9.17, 15) is 37.2 Å². The van der Waals surface area contributed by atoms with Gasteiger partial charge in [0.15, 0.2) is 0 Å². The monoisotopic (exact) mass is 740 g/mol. The molecule has 0 fully saturated rings. The van der Waals surface area contributed by atoms with Gasteiger partial charge in [-0.3, -0.25) is 33.4 Å². The quantitative estimate of drug-likeness (QED) is 0.0585. The van der Waals surface area contributed by atoms with Crippen molar-refractivity contribution in [2.75, 3.05) is 37.1 Å². The van der Waals surface area contributed by atoms with Crippen molar-refractivity contribution in [3.05, 3.63) is 41.5 Å². The molecule has 50 heavy (non-hydrogen) atoms. The Bertz CT molecular complexity index is 1480. The highest BCUT2D eigenvalue weighted by Crippen LogP contribution is 2.20. The zero-order valence-electron chi connectivity index (χ0n) is 28.9. The fourth-order valence-electron chi connectivity index (χ4n) is 4.87. The van der Waals surface area contributed by atoms with E-state index in [4.69, 9.17) is 14.0 Å². The summed E-state index contributed by atoms with van der Waals surface area (Å²) in [6, 6.07) is 3.28. The zero-order chi connectivity index (χ0) is 37.3. The van der Waals surface area contributed by atoms with Crippen LogP contribution in [0, 0.1) is 5.92 Å². The van der Waals surface area contributed by atoms with Crippen LogP contribution in [0.2, 0.25) is 0 Å². The molecule has 1 aliphatic heterocycles. The van der Waals surface area contributed by atoms with E-state index in [2.05, 4.69) is 16.0 Å². The van der Waals surface area contributed by atoms with Crippen LogP contribution < -0.4 is 16.0 Å². The topological polar surface area (TPSA) is 215 Å². The van der Waals surface area contributed by atoms with Gasteiger partial charge < -0.3 is 25.4 Å². The number of nitrogens with one attached hydrogen (secondary N) is 3. The summed E-state index contributed by atoms with van der Waals surface area (Å²) < 4.78 is 41.2. The molecule has 2 rings (SSSR count). The Morgan fingerprint density at radius 1 is 0.900 bits per heavy atom. The molecule has 0 saturated heterocycles. The number of hydrogen-bond acceptors (Lipinski definition) is 11. The van der Waals surface area contributed by atoms with Crippen LogP contribution in [-0.4, -0.2) is 96.6 Å². The summed E-state index contributed by atoms with van der Waals surface area (Å²) in [4.78, 5) is 74.9. The first kappa shape index (κ1) is 42.4. The van der Waals surface area contributed by atoms with Crippen molar-refractivity contribution < 1.29 is 51.2 Å². The predicted octanol–water partition coefficient (Wildman–Crippen LogP) is 2.98. The summed E-state index contributed by atoms with van der Waals surface area (Å²) in [5, 5.41) is 7.74. The summed E-state index contributed by atoms with van der Waals surface area (Å²) >= 11 is 0.938. The van der Waals surface area contributed by atoms with Gasteiger partial charge in [-0.05, 0) is 86.2 Å². The molecule has 1 aromatic rings. The van der Waals surface area contributed by atoms with Crippen LogP contribution in [0.5, 0.6) is 0 Å². The minimum atomic E-state index is -4.05. The second-order valence-corrected chi connectivity index (χ2v) is 14.4. The van der Waals surface area contributed by atoms with Crippen molar-refractivity contribution in [3.63, 3.8) is 0 Å². The number of carbonyl (C=O) groups is 6. The van der Waals surface area contributed by atoms with E-state index >= 15 is 0 Å². The maximum absolute atomic E-state index is 13.1. The van der Waals surface area contributed by atoms with Gasteiger partial charge in [0.05, 0.1) is 5.75 Å². The average Bonchev–Trinajstić information content (AvgIpc) is 3.37. The number of amides is 5. The van der Waals surface area contributed by atoms with Crippen LogP contribution in [0.3, 0.4) is 0 Å². The molecule has 5 amide bonds. The van der Waals surface area contributed by atoms with E-state index in [1.54, 1.807) is 38.3 Å². The van der Waals surface area contributed by atoms with E-state index in [0.717, 1.165) is 27.8 Å². The summed E-state index contributed by atoms with van der Waals surface area (Å²) in [5.74, 6) is -2.68. The number of imide groups is 1. The first-order valence-electron chi connectivity index (χ1n) is 16.4. The Labute approximate surface area is 297 Å². The Hall–Kier alpha value is -3.80. The number of carbonyl (C=O) groups excluding carboxylic acids is 6. The molecule has 1 aliphatic rings. The van der Waals surface area contributed by atoms with Gasteiger partial charge in [-0.2, -0.15) is 8.42 Å². The molecule has 4 N–H and O–H groups in total.